The lowest BCUT2D eigenvalue weighted by molar-refractivity contribution is 0.102. The first-order valence-corrected chi connectivity index (χ1v) is 5.25. The molecule has 0 aliphatic carbocycles. The van der Waals surface area contributed by atoms with Gasteiger partial charge in [0.2, 0.25) is 0 Å². The average Bonchev–Trinajstić information content (AvgIpc) is 2.83. The molecule has 0 radical (unpaired) electrons. The number of aliphatic hydroxyl groups is 1. The summed E-state index contributed by atoms with van der Waals surface area (Å²) in [6.07, 6.45) is 2.25. The summed E-state index contributed by atoms with van der Waals surface area (Å²) in [5, 5.41) is 12.3. The van der Waals surface area contributed by atoms with E-state index in [1.54, 1.807) is 25.1 Å². The zero-order valence-corrected chi connectivity index (χ0v) is 9.34. The van der Waals surface area contributed by atoms with E-state index in [0.29, 0.717) is 16.9 Å². The topological polar surface area (TPSA) is 78.0 Å². The highest BCUT2D eigenvalue weighted by atomic mass is 16.3. The number of benzene rings is 1. The van der Waals surface area contributed by atoms with Crippen LogP contribution >= 0.6 is 0 Å². The first kappa shape index (κ1) is 11.3. The number of rotatable bonds is 3. The zero-order chi connectivity index (χ0) is 12.3. The van der Waals surface area contributed by atoms with Crippen molar-refractivity contribution in [3.63, 3.8) is 0 Å². The third-order valence-corrected chi connectivity index (χ3v) is 2.40. The van der Waals surface area contributed by atoms with E-state index in [1.165, 1.54) is 12.5 Å². The molecule has 0 spiro atoms. The number of hydrogen-bond donors (Lipinski definition) is 3. The highest BCUT2D eigenvalue weighted by Crippen LogP contribution is 2.22. The molecular weight excluding hydrogens is 218 g/mol. The lowest BCUT2D eigenvalue weighted by atomic mass is 10.1. The van der Waals surface area contributed by atoms with Gasteiger partial charge in [-0.3, -0.25) is 4.79 Å². The third-order valence-electron chi connectivity index (χ3n) is 2.40. The predicted octanol–water partition coefficient (Wildman–Crippen LogP) is 1.72. The Kier molecular flexibility index (Phi) is 3.20. The van der Waals surface area contributed by atoms with E-state index in [4.69, 9.17) is 0 Å². The van der Waals surface area contributed by atoms with Crippen molar-refractivity contribution in [2.75, 3.05) is 5.32 Å². The molecule has 0 aliphatic rings. The minimum atomic E-state index is -0.631. The molecule has 1 heterocycles. The first-order chi connectivity index (χ1) is 8.18. The van der Waals surface area contributed by atoms with Gasteiger partial charge in [0.25, 0.3) is 5.91 Å². The van der Waals surface area contributed by atoms with Crippen molar-refractivity contribution in [1.29, 1.82) is 0 Å². The van der Waals surface area contributed by atoms with Gasteiger partial charge in [0, 0.05) is 11.3 Å². The molecule has 2 rings (SSSR count). The van der Waals surface area contributed by atoms with Crippen LogP contribution in [0.15, 0.2) is 36.8 Å². The standard InChI is InChI=1S/C12H13N3O2/c1-8(16)9-4-2-3-5-10(9)15-12(17)11-6-13-7-14-11/h2-8,16H,1H3,(H,13,14)(H,15,17). The molecule has 0 fully saturated rings. The van der Waals surface area contributed by atoms with Crippen molar-refractivity contribution in [3.8, 4) is 0 Å². The smallest absolute Gasteiger partial charge is 0.273 e. The summed E-state index contributed by atoms with van der Waals surface area (Å²) < 4.78 is 0. The minimum Gasteiger partial charge on any atom is -0.389 e. The van der Waals surface area contributed by atoms with E-state index in [1.807, 2.05) is 6.07 Å². The van der Waals surface area contributed by atoms with Gasteiger partial charge in [-0.2, -0.15) is 0 Å². The molecule has 17 heavy (non-hydrogen) atoms. The Hall–Kier alpha value is -2.14. The van der Waals surface area contributed by atoms with Crippen LogP contribution in [0.4, 0.5) is 5.69 Å². The number of amides is 1. The summed E-state index contributed by atoms with van der Waals surface area (Å²) in [4.78, 5) is 18.3. The van der Waals surface area contributed by atoms with Crippen molar-refractivity contribution >= 4 is 11.6 Å². The predicted molar refractivity (Wildman–Crippen MR) is 63.6 cm³/mol. The highest BCUT2D eigenvalue weighted by Gasteiger charge is 2.11. The van der Waals surface area contributed by atoms with Crippen molar-refractivity contribution in [1.82, 2.24) is 9.97 Å². The molecule has 1 amide bonds. The van der Waals surface area contributed by atoms with Gasteiger partial charge < -0.3 is 15.4 Å². The van der Waals surface area contributed by atoms with Crippen LogP contribution in [0.3, 0.4) is 0 Å². The van der Waals surface area contributed by atoms with Crippen LogP contribution in [0.1, 0.15) is 29.1 Å². The maximum Gasteiger partial charge on any atom is 0.273 e. The van der Waals surface area contributed by atoms with Crippen molar-refractivity contribution in [2.45, 2.75) is 13.0 Å². The molecule has 2 aromatic rings. The SMILES string of the molecule is CC(O)c1ccccc1NC(=O)c1cnc[nH]1. The van der Waals surface area contributed by atoms with Crippen LogP contribution in [-0.2, 0) is 0 Å². The summed E-state index contributed by atoms with van der Waals surface area (Å²) >= 11 is 0. The molecule has 5 heteroatoms. The Morgan fingerprint density at radius 1 is 1.47 bits per heavy atom. The normalized spacial score (nSPS) is 12.1. The van der Waals surface area contributed by atoms with Crippen molar-refractivity contribution in [2.24, 2.45) is 0 Å². The molecule has 0 aliphatic heterocycles. The van der Waals surface area contributed by atoms with Gasteiger partial charge in [-0.25, -0.2) is 4.98 Å². The Morgan fingerprint density at radius 2 is 2.24 bits per heavy atom. The fourth-order valence-electron chi connectivity index (χ4n) is 1.54. The Labute approximate surface area is 98.5 Å². The fourth-order valence-corrected chi connectivity index (χ4v) is 1.54. The summed E-state index contributed by atoms with van der Waals surface area (Å²) in [6.45, 7) is 1.65. The number of anilines is 1. The number of aromatic amines is 1. The maximum atomic E-state index is 11.8. The number of nitrogens with one attached hydrogen (secondary N) is 2. The van der Waals surface area contributed by atoms with Gasteiger partial charge in [0.05, 0.1) is 18.6 Å². The number of aromatic nitrogens is 2. The van der Waals surface area contributed by atoms with Gasteiger partial charge in [-0.05, 0) is 13.0 Å². The molecule has 1 aromatic heterocycles. The van der Waals surface area contributed by atoms with Crippen LogP contribution in [0.5, 0.6) is 0 Å². The second kappa shape index (κ2) is 4.80. The summed E-state index contributed by atoms with van der Waals surface area (Å²) in [6, 6.07) is 7.13. The Morgan fingerprint density at radius 3 is 2.88 bits per heavy atom. The van der Waals surface area contributed by atoms with Crippen LogP contribution in [0, 0.1) is 0 Å². The van der Waals surface area contributed by atoms with E-state index < -0.39 is 6.10 Å². The molecule has 0 saturated heterocycles. The fraction of sp³-hybridized carbons (Fsp3) is 0.167. The molecule has 5 nitrogen and oxygen atoms in total. The molecule has 1 aromatic carbocycles. The molecule has 0 saturated carbocycles. The number of H-pyrrole nitrogens is 1. The quantitative estimate of drug-likeness (QED) is 0.752. The van der Waals surface area contributed by atoms with Gasteiger partial charge in [0.1, 0.15) is 5.69 Å². The van der Waals surface area contributed by atoms with Crippen molar-refractivity contribution in [3.05, 3.63) is 48.0 Å². The van der Waals surface area contributed by atoms with Gasteiger partial charge in [-0.15, -0.1) is 0 Å². The van der Waals surface area contributed by atoms with Crippen molar-refractivity contribution < 1.29 is 9.90 Å². The molecule has 88 valence electrons. The van der Waals surface area contributed by atoms with Crippen LogP contribution < -0.4 is 5.32 Å². The first-order valence-electron chi connectivity index (χ1n) is 5.25. The van der Waals surface area contributed by atoms with Gasteiger partial charge >= 0.3 is 0 Å². The summed E-state index contributed by atoms with van der Waals surface area (Å²) in [5.41, 5.74) is 1.66. The second-order valence-electron chi connectivity index (χ2n) is 3.68. The third kappa shape index (κ3) is 2.51. The highest BCUT2D eigenvalue weighted by molar-refractivity contribution is 6.03. The molecule has 1 atom stereocenters. The number of carbonyl (C=O) groups is 1. The monoisotopic (exact) mass is 231 g/mol. The van der Waals surface area contributed by atoms with Gasteiger partial charge in [-0.1, -0.05) is 18.2 Å². The second-order valence-corrected chi connectivity index (χ2v) is 3.68. The number of carbonyl (C=O) groups excluding carboxylic acids is 1. The van der Waals surface area contributed by atoms with E-state index in [2.05, 4.69) is 15.3 Å². The van der Waals surface area contributed by atoms with Crippen LogP contribution in [0.2, 0.25) is 0 Å². The lowest BCUT2D eigenvalue weighted by Crippen LogP contribution is -2.14. The molecule has 3 N–H and O–H groups in total. The lowest BCUT2D eigenvalue weighted by Gasteiger charge is -2.12. The number of para-hydroxylation sites is 1. The minimum absolute atomic E-state index is 0.282. The zero-order valence-electron chi connectivity index (χ0n) is 9.34. The maximum absolute atomic E-state index is 11.8. The number of hydrogen-bond acceptors (Lipinski definition) is 3. The largest absolute Gasteiger partial charge is 0.389 e. The number of nitrogens with zero attached hydrogens (tertiary/aromatic N) is 1. The van der Waals surface area contributed by atoms with E-state index >= 15 is 0 Å². The van der Waals surface area contributed by atoms with Gasteiger partial charge in [0.15, 0.2) is 0 Å². The molecular formula is C12H13N3O2. The van der Waals surface area contributed by atoms with Crippen LogP contribution in [0.25, 0.3) is 0 Å². The summed E-state index contributed by atoms with van der Waals surface area (Å²) in [5.74, 6) is -0.282. The van der Waals surface area contributed by atoms with E-state index in [9.17, 15) is 9.90 Å². The van der Waals surface area contributed by atoms with Crippen LogP contribution in [-0.4, -0.2) is 21.0 Å². The molecule has 1 unspecified atom stereocenters. The Balaban J connectivity index is 2.22. The average molecular weight is 231 g/mol. The molecule has 0 bridgehead atoms. The van der Waals surface area contributed by atoms with E-state index in [0.717, 1.165) is 0 Å². The van der Waals surface area contributed by atoms with E-state index in [-0.39, 0.29) is 5.91 Å². The number of aliphatic hydroxyl groups excluding tert-OH is 1. The summed E-state index contributed by atoms with van der Waals surface area (Å²) in [7, 11) is 0. The Bertz CT molecular complexity index is 506. The number of imidazole rings is 1.